The van der Waals surface area contributed by atoms with Gasteiger partial charge in [0.2, 0.25) is 0 Å². The number of nitro groups is 1. The van der Waals surface area contributed by atoms with Crippen molar-refractivity contribution in [1.29, 1.82) is 0 Å². The van der Waals surface area contributed by atoms with Gasteiger partial charge >= 0.3 is 6.03 Å². The van der Waals surface area contributed by atoms with Crippen LogP contribution in [-0.2, 0) is 0 Å². The molecule has 0 fully saturated rings. The average Bonchev–Trinajstić information content (AvgIpc) is 2.86. The monoisotopic (exact) mass is 282 g/mol. The number of nitro benzene ring substituents is 1. The molecule has 0 atom stereocenters. The smallest absolute Gasteiger partial charge is 0.325 e. The summed E-state index contributed by atoms with van der Waals surface area (Å²) in [6, 6.07) is 12.2. The van der Waals surface area contributed by atoms with E-state index in [2.05, 4.69) is 4.98 Å². The van der Waals surface area contributed by atoms with Gasteiger partial charge in [-0.3, -0.25) is 10.1 Å². The van der Waals surface area contributed by atoms with Gasteiger partial charge in [-0.05, 0) is 24.3 Å². The Hall–Kier alpha value is -3.22. The number of fused-ring (bicyclic) bond motifs is 1. The summed E-state index contributed by atoms with van der Waals surface area (Å²) < 4.78 is 1.29. The third-order valence-electron chi connectivity index (χ3n) is 3.12. The lowest BCUT2D eigenvalue weighted by atomic mass is 10.2. The third-order valence-corrected chi connectivity index (χ3v) is 3.12. The number of rotatable bonds is 2. The highest BCUT2D eigenvalue weighted by Gasteiger charge is 2.16. The Morgan fingerprint density at radius 3 is 2.43 bits per heavy atom. The quantitative estimate of drug-likeness (QED) is 0.576. The maximum atomic E-state index is 11.7. The summed E-state index contributed by atoms with van der Waals surface area (Å²) in [5, 5.41) is 10.7. The molecule has 21 heavy (non-hydrogen) atoms. The van der Waals surface area contributed by atoms with E-state index in [1.54, 1.807) is 36.4 Å². The maximum Gasteiger partial charge on any atom is 0.325 e. The Labute approximate surface area is 118 Å². The van der Waals surface area contributed by atoms with Gasteiger partial charge in [0.1, 0.15) is 5.82 Å². The molecule has 0 spiro atoms. The first-order chi connectivity index (χ1) is 10.1. The van der Waals surface area contributed by atoms with Crippen LogP contribution in [0.4, 0.5) is 10.5 Å². The molecule has 0 unspecified atom stereocenters. The van der Waals surface area contributed by atoms with Gasteiger partial charge in [-0.15, -0.1) is 0 Å². The highest BCUT2D eigenvalue weighted by atomic mass is 16.6. The summed E-state index contributed by atoms with van der Waals surface area (Å²) in [5.41, 5.74) is 7.19. The molecule has 2 N–H and O–H groups in total. The zero-order valence-electron chi connectivity index (χ0n) is 10.8. The van der Waals surface area contributed by atoms with E-state index in [1.165, 1.54) is 16.7 Å². The largest absolute Gasteiger partial charge is 0.351 e. The lowest BCUT2D eigenvalue weighted by Crippen LogP contribution is -2.20. The molecule has 0 saturated heterocycles. The van der Waals surface area contributed by atoms with Crippen LogP contribution in [0, 0.1) is 10.1 Å². The van der Waals surface area contributed by atoms with Crippen LogP contribution in [0.15, 0.2) is 48.5 Å². The first-order valence-electron chi connectivity index (χ1n) is 6.10. The number of hydrogen-bond donors (Lipinski definition) is 1. The van der Waals surface area contributed by atoms with E-state index < -0.39 is 11.0 Å². The van der Waals surface area contributed by atoms with E-state index in [1.807, 2.05) is 0 Å². The van der Waals surface area contributed by atoms with Crippen molar-refractivity contribution in [3.63, 3.8) is 0 Å². The molecule has 0 aliphatic carbocycles. The lowest BCUT2D eigenvalue weighted by molar-refractivity contribution is -0.384. The molecule has 3 rings (SSSR count). The molecule has 0 bridgehead atoms. The fourth-order valence-electron chi connectivity index (χ4n) is 2.17. The van der Waals surface area contributed by atoms with Crippen LogP contribution in [0.3, 0.4) is 0 Å². The van der Waals surface area contributed by atoms with Crippen molar-refractivity contribution in [3.8, 4) is 11.4 Å². The van der Waals surface area contributed by atoms with Crippen molar-refractivity contribution in [2.45, 2.75) is 0 Å². The number of benzene rings is 2. The zero-order chi connectivity index (χ0) is 15.0. The second kappa shape index (κ2) is 4.71. The summed E-state index contributed by atoms with van der Waals surface area (Å²) >= 11 is 0. The Balaban J connectivity index is 2.22. The summed E-state index contributed by atoms with van der Waals surface area (Å²) in [7, 11) is 0. The molecule has 7 heteroatoms. The molecule has 0 saturated carbocycles. The normalized spacial score (nSPS) is 10.7. The first-order valence-corrected chi connectivity index (χ1v) is 6.10. The molecular weight excluding hydrogens is 272 g/mol. The van der Waals surface area contributed by atoms with Gasteiger partial charge in [-0.1, -0.05) is 12.1 Å². The van der Waals surface area contributed by atoms with Crippen LogP contribution in [0.5, 0.6) is 0 Å². The lowest BCUT2D eigenvalue weighted by Gasteiger charge is -2.04. The second-order valence-electron chi connectivity index (χ2n) is 4.40. The summed E-state index contributed by atoms with van der Waals surface area (Å²) in [6.45, 7) is 0. The van der Waals surface area contributed by atoms with Crippen molar-refractivity contribution in [2.75, 3.05) is 0 Å². The van der Waals surface area contributed by atoms with E-state index in [9.17, 15) is 14.9 Å². The molecule has 104 valence electrons. The SMILES string of the molecule is NC(=O)n1c(-c2ccc([N+](=O)[O-])cc2)nc2ccccc21. The van der Waals surface area contributed by atoms with Crippen LogP contribution >= 0.6 is 0 Å². The maximum absolute atomic E-state index is 11.7. The van der Waals surface area contributed by atoms with E-state index in [-0.39, 0.29) is 5.69 Å². The van der Waals surface area contributed by atoms with Gasteiger partial charge in [0, 0.05) is 17.7 Å². The predicted octanol–water partition coefficient (Wildman–Crippen LogP) is 2.54. The Kier molecular flexibility index (Phi) is 2.87. The highest BCUT2D eigenvalue weighted by Crippen LogP contribution is 2.25. The van der Waals surface area contributed by atoms with Crippen molar-refractivity contribution in [3.05, 3.63) is 58.6 Å². The number of nitrogens with two attached hydrogens (primary N) is 1. The Morgan fingerprint density at radius 1 is 1.14 bits per heavy atom. The standard InChI is InChI=1S/C14H10N4O3/c15-14(19)17-12-4-2-1-3-11(12)16-13(17)9-5-7-10(8-6-9)18(20)21/h1-8H,(H2,15,19). The van der Waals surface area contributed by atoms with E-state index in [0.29, 0.717) is 22.4 Å². The third kappa shape index (κ3) is 2.10. The second-order valence-corrected chi connectivity index (χ2v) is 4.40. The molecule has 1 aromatic heterocycles. The van der Waals surface area contributed by atoms with Crippen LogP contribution in [0.2, 0.25) is 0 Å². The summed E-state index contributed by atoms with van der Waals surface area (Å²) in [4.78, 5) is 26.2. The molecule has 0 aliphatic rings. The number of amides is 1. The fourth-order valence-corrected chi connectivity index (χ4v) is 2.17. The molecule has 3 aromatic rings. The van der Waals surface area contributed by atoms with Crippen LogP contribution in [0.1, 0.15) is 0 Å². The van der Waals surface area contributed by atoms with Crippen molar-refractivity contribution in [2.24, 2.45) is 5.73 Å². The summed E-state index contributed by atoms with van der Waals surface area (Å²) in [5.74, 6) is 0.360. The Morgan fingerprint density at radius 2 is 1.81 bits per heavy atom. The number of aromatic nitrogens is 2. The topological polar surface area (TPSA) is 104 Å². The van der Waals surface area contributed by atoms with E-state index in [4.69, 9.17) is 5.73 Å². The molecule has 7 nitrogen and oxygen atoms in total. The van der Waals surface area contributed by atoms with E-state index in [0.717, 1.165) is 0 Å². The minimum absolute atomic E-state index is 0.0273. The van der Waals surface area contributed by atoms with Gasteiger partial charge in [-0.25, -0.2) is 14.3 Å². The molecule has 0 radical (unpaired) electrons. The number of primary amides is 1. The van der Waals surface area contributed by atoms with Crippen LogP contribution < -0.4 is 5.73 Å². The minimum Gasteiger partial charge on any atom is -0.351 e. The number of imidazole rings is 1. The number of nitrogens with zero attached hydrogens (tertiary/aromatic N) is 3. The molecule has 2 aromatic carbocycles. The van der Waals surface area contributed by atoms with Gasteiger partial charge in [0.15, 0.2) is 0 Å². The number of carbonyl (C=O) groups is 1. The number of non-ortho nitro benzene ring substituents is 1. The average molecular weight is 282 g/mol. The highest BCUT2D eigenvalue weighted by molar-refractivity contribution is 5.93. The number of hydrogen-bond acceptors (Lipinski definition) is 4. The van der Waals surface area contributed by atoms with Crippen molar-refractivity contribution in [1.82, 2.24) is 9.55 Å². The molecular formula is C14H10N4O3. The van der Waals surface area contributed by atoms with Gasteiger partial charge in [-0.2, -0.15) is 0 Å². The van der Waals surface area contributed by atoms with Gasteiger partial charge in [0.25, 0.3) is 5.69 Å². The first kappa shape index (κ1) is 12.8. The number of carbonyl (C=O) groups excluding carboxylic acids is 1. The molecule has 0 aliphatic heterocycles. The van der Waals surface area contributed by atoms with E-state index >= 15 is 0 Å². The van der Waals surface area contributed by atoms with Crippen LogP contribution in [0.25, 0.3) is 22.4 Å². The number of para-hydroxylation sites is 2. The molecule has 1 heterocycles. The van der Waals surface area contributed by atoms with Crippen molar-refractivity contribution >= 4 is 22.8 Å². The van der Waals surface area contributed by atoms with Crippen molar-refractivity contribution < 1.29 is 9.72 Å². The summed E-state index contributed by atoms with van der Waals surface area (Å²) in [6.07, 6.45) is 0. The Bertz CT molecular complexity index is 852. The zero-order valence-corrected chi connectivity index (χ0v) is 10.8. The minimum atomic E-state index is -0.656. The molecule has 1 amide bonds. The van der Waals surface area contributed by atoms with Gasteiger partial charge < -0.3 is 5.73 Å². The van der Waals surface area contributed by atoms with Gasteiger partial charge in [0.05, 0.1) is 16.0 Å². The predicted molar refractivity (Wildman–Crippen MR) is 76.8 cm³/mol. The van der Waals surface area contributed by atoms with Crippen LogP contribution in [-0.4, -0.2) is 20.5 Å². The fraction of sp³-hybridized carbons (Fsp3) is 0.